The van der Waals surface area contributed by atoms with E-state index < -0.39 is 0 Å². The fraction of sp³-hybridized carbons (Fsp3) is 0.750. The van der Waals surface area contributed by atoms with Crippen LogP contribution in [0.3, 0.4) is 0 Å². The molecular formula is C24H40. The van der Waals surface area contributed by atoms with Crippen LogP contribution >= 0.6 is 0 Å². The Labute approximate surface area is 151 Å². The van der Waals surface area contributed by atoms with Crippen molar-refractivity contribution < 1.29 is 0 Å². The average Bonchev–Trinajstić information content (AvgIpc) is 2.64. The molecule has 0 saturated heterocycles. The minimum Gasteiger partial charge on any atom is -0.103 e. The molecule has 0 aromatic heterocycles. The zero-order valence-electron chi connectivity index (χ0n) is 16.1. The van der Waals surface area contributed by atoms with Gasteiger partial charge in [-0.15, -0.1) is 6.58 Å². The van der Waals surface area contributed by atoms with E-state index in [1.54, 1.807) is 0 Å². The van der Waals surface area contributed by atoms with Gasteiger partial charge < -0.3 is 0 Å². The molecule has 2 saturated carbocycles. The average molecular weight is 329 g/mol. The molecule has 0 N–H and O–H groups in total. The van der Waals surface area contributed by atoms with Crippen molar-refractivity contribution in [3.63, 3.8) is 0 Å². The van der Waals surface area contributed by atoms with Gasteiger partial charge in [0, 0.05) is 0 Å². The Balaban J connectivity index is 1.53. The maximum atomic E-state index is 3.85. The fourth-order valence-corrected chi connectivity index (χ4v) is 4.73. The first-order valence-corrected chi connectivity index (χ1v) is 10.7. The lowest BCUT2D eigenvalue weighted by Crippen LogP contribution is -2.14. The second kappa shape index (κ2) is 11.7. The van der Waals surface area contributed by atoms with Crippen LogP contribution in [0.25, 0.3) is 0 Å². The summed E-state index contributed by atoms with van der Waals surface area (Å²) in [5.74, 6) is 3.84. The van der Waals surface area contributed by atoms with E-state index in [9.17, 15) is 0 Å². The van der Waals surface area contributed by atoms with Gasteiger partial charge in [0.05, 0.1) is 0 Å². The predicted octanol–water partition coefficient (Wildman–Crippen LogP) is 7.87. The summed E-state index contributed by atoms with van der Waals surface area (Å²) >= 11 is 0. The highest BCUT2D eigenvalue weighted by Gasteiger charge is 2.20. The molecule has 0 heterocycles. The van der Waals surface area contributed by atoms with E-state index in [-0.39, 0.29) is 0 Å². The molecule has 0 radical (unpaired) electrons. The summed E-state index contributed by atoms with van der Waals surface area (Å²) in [7, 11) is 0. The number of hydrogen-bond acceptors (Lipinski definition) is 0. The van der Waals surface area contributed by atoms with Gasteiger partial charge in [0.15, 0.2) is 0 Å². The van der Waals surface area contributed by atoms with Crippen LogP contribution in [0.4, 0.5) is 0 Å². The summed E-state index contributed by atoms with van der Waals surface area (Å²) in [4.78, 5) is 0. The van der Waals surface area contributed by atoms with Crippen molar-refractivity contribution in [2.75, 3.05) is 0 Å². The van der Waals surface area contributed by atoms with Crippen LogP contribution in [0.15, 0.2) is 37.0 Å². The van der Waals surface area contributed by atoms with Gasteiger partial charge in [-0.05, 0) is 101 Å². The van der Waals surface area contributed by atoms with Crippen LogP contribution in [0.1, 0.15) is 90.4 Å². The van der Waals surface area contributed by atoms with Crippen molar-refractivity contribution in [1.82, 2.24) is 0 Å². The van der Waals surface area contributed by atoms with Gasteiger partial charge in [-0.1, -0.05) is 43.2 Å². The third-order valence-corrected chi connectivity index (χ3v) is 6.49. The minimum atomic E-state index is 0.876. The number of hydrogen-bond donors (Lipinski definition) is 0. The van der Waals surface area contributed by atoms with Crippen LogP contribution < -0.4 is 0 Å². The lowest BCUT2D eigenvalue weighted by atomic mass is 9.78. The largest absolute Gasteiger partial charge is 0.103 e. The lowest BCUT2D eigenvalue weighted by molar-refractivity contribution is 0.265. The molecule has 0 nitrogen and oxygen atoms in total. The first-order chi connectivity index (χ1) is 11.8. The molecule has 2 rings (SSSR count). The molecule has 2 aliphatic carbocycles. The standard InChI is InChI=1S/C24H40/c1-3-5-9-21-13-17-23(18-14-21)11-7-8-12-24-19-15-22(16-20-24)10-6-4-2/h3-4,6-7,11,21-24H,1,5,8-10,12-20H2,2H3/b6-4-,11-7+. The second-order valence-electron chi connectivity index (χ2n) is 8.34. The van der Waals surface area contributed by atoms with Gasteiger partial charge in [0.25, 0.3) is 0 Å². The minimum absolute atomic E-state index is 0.876. The first kappa shape index (κ1) is 19.5. The van der Waals surface area contributed by atoms with E-state index >= 15 is 0 Å². The Morgan fingerprint density at radius 2 is 1.33 bits per heavy atom. The highest BCUT2D eigenvalue weighted by atomic mass is 14.3. The zero-order valence-corrected chi connectivity index (χ0v) is 16.1. The first-order valence-electron chi connectivity index (χ1n) is 10.7. The third-order valence-electron chi connectivity index (χ3n) is 6.49. The van der Waals surface area contributed by atoms with Crippen LogP contribution in [0, 0.1) is 23.7 Å². The van der Waals surface area contributed by atoms with Gasteiger partial charge in [-0.3, -0.25) is 0 Å². The summed E-state index contributed by atoms with van der Waals surface area (Å²) in [6.07, 6.45) is 30.0. The Kier molecular flexibility index (Phi) is 9.54. The summed E-state index contributed by atoms with van der Waals surface area (Å²) in [6.45, 7) is 6.00. The lowest BCUT2D eigenvalue weighted by Gasteiger charge is -2.28. The molecule has 0 heteroatoms. The van der Waals surface area contributed by atoms with Crippen molar-refractivity contribution in [3.05, 3.63) is 37.0 Å². The van der Waals surface area contributed by atoms with E-state index in [1.807, 2.05) is 0 Å². The molecule has 0 aliphatic heterocycles. The fourth-order valence-electron chi connectivity index (χ4n) is 4.73. The molecule has 0 aromatic carbocycles. The van der Waals surface area contributed by atoms with Crippen LogP contribution in [0.2, 0.25) is 0 Å². The maximum Gasteiger partial charge on any atom is -0.0233 e. The summed E-state index contributed by atoms with van der Waals surface area (Å²) in [5, 5.41) is 0. The van der Waals surface area contributed by atoms with E-state index in [0.717, 1.165) is 23.7 Å². The number of rotatable bonds is 9. The monoisotopic (exact) mass is 328 g/mol. The second-order valence-corrected chi connectivity index (χ2v) is 8.34. The van der Waals surface area contributed by atoms with Crippen LogP contribution in [0.5, 0.6) is 0 Å². The molecule has 136 valence electrons. The van der Waals surface area contributed by atoms with Gasteiger partial charge in [0.2, 0.25) is 0 Å². The van der Waals surface area contributed by atoms with Crippen molar-refractivity contribution in [1.29, 1.82) is 0 Å². The predicted molar refractivity (Wildman–Crippen MR) is 108 cm³/mol. The maximum absolute atomic E-state index is 3.85. The van der Waals surface area contributed by atoms with Crippen molar-refractivity contribution in [2.45, 2.75) is 90.4 Å². The molecule has 0 spiro atoms. The molecule has 2 aliphatic rings. The van der Waals surface area contributed by atoms with Gasteiger partial charge in [-0.25, -0.2) is 0 Å². The molecule has 2 fully saturated rings. The molecule has 0 bridgehead atoms. The highest BCUT2D eigenvalue weighted by Crippen LogP contribution is 2.34. The summed E-state index contributed by atoms with van der Waals surface area (Å²) in [5.41, 5.74) is 0. The highest BCUT2D eigenvalue weighted by molar-refractivity contribution is 4.92. The van der Waals surface area contributed by atoms with E-state index in [4.69, 9.17) is 0 Å². The zero-order chi connectivity index (χ0) is 17.0. The van der Waals surface area contributed by atoms with E-state index in [0.29, 0.717) is 0 Å². The molecule has 0 atom stereocenters. The topological polar surface area (TPSA) is 0 Å². The Hall–Kier alpha value is -0.780. The molecule has 0 unspecified atom stereocenters. The van der Waals surface area contributed by atoms with E-state index in [1.165, 1.54) is 83.5 Å². The molecule has 0 aromatic rings. The van der Waals surface area contributed by atoms with E-state index in [2.05, 4.69) is 43.9 Å². The molecule has 0 amide bonds. The number of allylic oxidation sites excluding steroid dienone is 5. The SMILES string of the molecule is C=CCCC1CCC(/C=C/CCC2CCC(C/C=C\C)CC2)CC1. The van der Waals surface area contributed by atoms with Gasteiger partial charge >= 0.3 is 0 Å². The van der Waals surface area contributed by atoms with Crippen molar-refractivity contribution >= 4 is 0 Å². The van der Waals surface area contributed by atoms with Gasteiger partial charge in [-0.2, -0.15) is 0 Å². The normalized spacial score (nSPS) is 31.7. The quantitative estimate of drug-likeness (QED) is 0.378. The van der Waals surface area contributed by atoms with Crippen LogP contribution in [-0.2, 0) is 0 Å². The third kappa shape index (κ3) is 7.41. The summed E-state index contributed by atoms with van der Waals surface area (Å²) in [6, 6.07) is 0. The van der Waals surface area contributed by atoms with Crippen LogP contribution in [-0.4, -0.2) is 0 Å². The summed E-state index contributed by atoms with van der Waals surface area (Å²) < 4.78 is 0. The molecular weight excluding hydrogens is 288 g/mol. The van der Waals surface area contributed by atoms with Crippen molar-refractivity contribution in [3.8, 4) is 0 Å². The van der Waals surface area contributed by atoms with Crippen molar-refractivity contribution in [2.24, 2.45) is 23.7 Å². The Morgan fingerprint density at radius 3 is 1.96 bits per heavy atom. The Morgan fingerprint density at radius 1 is 0.750 bits per heavy atom. The molecule has 24 heavy (non-hydrogen) atoms. The van der Waals surface area contributed by atoms with Gasteiger partial charge in [0.1, 0.15) is 0 Å². The Bertz CT molecular complexity index is 373. The smallest absolute Gasteiger partial charge is 0.0233 e.